The molecule has 13 heavy (non-hydrogen) atoms. The Kier molecular flexibility index (Phi) is 5.71. The van der Waals surface area contributed by atoms with E-state index in [4.69, 9.17) is 10.5 Å². The van der Waals surface area contributed by atoms with Gasteiger partial charge >= 0.3 is 5.97 Å². The van der Waals surface area contributed by atoms with Crippen molar-refractivity contribution in [3.63, 3.8) is 0 Å². The van der Waals surface area contributed by atoms with Crippen molar-refractivity contribution in [3.05, 3.63) is 0 Å². The molecule has 0 amide bonds. The van der Waals surface area contributed by atoms with Crippen LogP contribution in [-0.2, 0) is 9.53 Å². The fourth-order valence-electron chi connectivity index (χ4n) is 1.50. The van der Waals surface area contributed by atoms with Crippen LogP contribution in [0.3, 0.4) is 0 Å². The lowest BCUT2D eigenvalue weighted by atomic mass is 9.90. The van der Waals surface area contributed by atoms with E-state index in [1.807, 2.05) is 13.8 Å². The molecule has 0 aromatic carbocycles. The maximum absolute atomic E-state index is 11.5. The molecule has 3 heteroatoms. The van der Waals surface area contributed by atoms with E-state index in [2.05, 4.69) is 0 Å². The zero-order valence-corrected chi connectivity index (χ0v) is 8.93. The minimum absolute atomic E-state index is 0.251. The highest BCUT2D eigenvalue weighted by atomic mass is 16.5. The summed E-state index contributed by atoms with van der Waals surface area (Å²) in [5.74, 6) is -0.251. The Morgan fingerprint density at radius 3 is 2.00 bits per heavy atom. The Morgan fingerprint density at radius 2 is 1.69 bits per heavy atom. The molecule has 0 aromatic heterocycles. The van der Waals surface area contributed by atoms with Crippen LogP contribution in [0.25, 0.3) is 0 Å². The lowest BCUT2D eigenvalue weighted by Crippen LogP contribution is -2.48. The summed E-state index contributed by atoms with van der Waals surface area (Å²) in [5, 5.41) is 0. The molecular formula is C10H21NO2. The number of ether oxygens (including phenoxy) is 1. The standard InChI is InChI=1S/C10H21NO2/c1-4-7-10(11,8-5-2)9(12)13-6-3/h4-8,11H2,1-3H3. The summed E-state index contributed by atoms with van der Waals surface area (Å²) >= 11 is 0. The Bertz CT molecular complexity index is 151. The van der Waals surface area contributed by atoms with Crippen LogP contribution in [0.2, 0.25) is 0 Å². The summed E-state index contributed by atoms with van der Waals surface area (Å²) in [6.45, 7) is 6.26. The average Bonchev–Trinajstić information content (AvgIpc) is 2.05. The van der Waals surface area contributed by atoms with Crippen molar-refractivity contribution in [2.75, 3.05) is 6.61 Å². The van der Waals surface area contributed by atoms with Crippen molar-refractivity contribution in [2.24, 2.45) is 5.73 Å². The van der Waals surface area contributed by atoms with Crippen LogP contribution in [0.15, 0.2) is 0 Å². The van der Waals surface area contributed by atoms with Crippen molar-refractivity contribution in [1.29, 1.82) is 0 Å². The molecule has 0 rings (SSSR count). The summed E-state index contributed by atoms with van der Waals surface area (Å²) in [6.07, 6.45) is 3.24. The van der Waals surface area contributed by atoms with Gasteiger partial charge in [0.1, 0.15) is 5.54 Å². The van der Waals surface area contributed by atoms with Gasteiger partial charge in [0.05, 0.1) is 6.61 Å². The van der Waals surface area contributed by atoms with E-state index >= 15 is 0 Å². The van der Waals surface area contributed by atoms with Gasteiger partial charge in [0.15, 0.2) is 0 Å². The van der Waals surface area contributed by atoms with E-state index in [0.29, 0.717) is 19.4 Å². The molecule has 0 heterocycles. The molecule has 0 aliphatic rings. The Labute approximate surface area is 80.6 Å². The molecule has 0 saturated heterocycles. The molecule has 0 atom stereocenters. The highest BCUT2D eigenvalue weighted by Gasteiger charge is 2.33. The Morgan fingerprint density at radius 1 is 1.23 bits per heavy atom. The topological polar surface area (TPSA) is 52.3 Å². The van der Waals surface area contributed by atoms with Crippen LogP contribution in [0.4, 0.5) is 0 Å². The van der Waals surface area contributed by atoms with E-state index in [0.717, 1.165) is 12.8 Å². The summed E-state index contributed by atoms with van der Waals surface area (Å²) in [6, 6.07) is 0. The first kappa shape index (κ1) is 12.4. The van der Waals surface area contributed by atoms with Crippen molar-refractivity contribution in [2.45, 2.75) is 52.0 Å². The third-order valence-electron chi connectivity index (χ3n) is 2.07. The lowest BCUT2D eigenvalue weighted by molar-refractivity contribution is -0.150. The van der Waals surface area contributed by atoms with Crippen LogP contribution in [0.5, 0.6) is 0 Å². The third-order valence-corrected chi connectivity index (χ3v) is 2.07. The second-order valence-electron chi connectivity index (χ2n) is 3.38. The number of rotatable bonds is 6. The fourth-order valence-corrected chi connectivity index (χ4v) is 1.50. The van der Waals surface area contributed by atoms with Crippen LogP contribution >= 0.6 is 0 Å². The van der Waals surface area contributed by atoms with Crippen LogP contribution < -0.4 is 5.73 Å². The number of hydrogen-bond donors (Lipinski definition) is 1. The van der Waals surface area contributed by atoms with Crippen LogP contribution in [-0.4, -0.2) is 18.1 Å². The molecular weight excluding hydrogens is 166 g/mol. The largest absolute Gasteiger partial charge is 0.465 e. The van der Waals surface area contributed by atoms with Gasteiger partial charge in [0.2, 0.25) is 0 Å². The summed E-state index contributed by atoms with van der Waals surface area (Å²) < 4.78 is 4.95. The Balaban J connectivity index is 4.27. The summed E-state index contributed by atoms with van der Waals surface area (Å²) in [5.41, 5.74) is 5.22. The van der Waals surface area contributed by atoms with E-state index in [1.165, 1.54) is 0 Å². The molecule has 0 saturated carbocycles. The molecule has 0 spiro atoms. The van der Waals surface area contributed by atoms with Gasteiger partial charge < -0.3 is 10.5 Å². The minimum atomic E-state index is -0.750. The number of esters is 1. The molecule has 0 aliphatic carbocycles. The third kappa shape index (κ3) is 3.77. The van der Waals surface area contributed by atoms with Gasteiger partial charge in [-0.15, -0.1) is 0 Å². The molecule has 0 bridgehead atoms. The quantitative estimate of drug-likeness (QED) is 0.646. The number of carbonyl (C=O) groups is 1. The lowest BCUT2D eigenvalue weighted by Gasteiger charge is -2.25. The molecule has 3 nitrogen and oxygen atoms in total. The average molecular weight is 187 g/mol. The first-order valence-corrected chi connectivity index (χ1v) is 5.06. The molecule has 78 valence electrons. The molecule has 2 N–H and O–H groups in total. The molecule has 0 aliphatic heterocycles. The highest BCUT2D eigenvalue weighted by molar-refractivity contribution is 5.80. The molecule has 0 unspecified atom stereocenters. The van der Waals surface area contributed by atoms with Gasteiger partial charge in [-0.25, -0.2) is 0 Å². The SMILES string of the molecule is CCCC(N)(CCC)C(=O)OCC. The van der Waals surface area contributed by atoms with E-state index < -0.39 is 5.54 Å². The second kappa shape index (κ2) is 5.97. The second-order valence-corrected chi connectivity index (χ2v) is 3.38. The van der Waals surface area contributed by atoms with Crippen molar-refractivity contribution >= 4 is 5.97 Å². The van der Waals surface area contributed by atoms with Crippen molar-refractivity contribution < 1.29 is 9.53 Å². The predicted octanol–water partition coefficient (Wildman–Crippen LogP) is 1.85. The van der Waals surface area contributed by atoms with Crippen molar-refractivity contribution in [3.8, 4) is 0 Å². The summed E-state index contributed by atoms with van der Waals surface area (Å²) in [4.78, 5) is 11.5. The monoisotopic (exact) mass is 187 g/mol. The van der Waals surface area contributed by atoms with Gasteiger partial charge in [-0.1, -0.05) is 26.7 Å². The first-order valence-electron chi connectivity index (χ1n) is 5.06. The highest BCUT2D eigenvalue weighted by Crippen LogP contribution is 2.18. The number of hydrogen-bond acceptors (Lipinski definition) is 3. The smallest absolute Gasteiger partial charge is 0.326 e. The van der Waals surface area contributed by atoms with Crippen molar-refractivity contribution in [1.82, 2.24) is 0 Å². The van der Waals surface area contributed by atoms with E-state index in [-0.39, 0.29) is 5.97 Å². The van der Waals surface area contributed by atoms with Crippen LogP contribution in [0, 0.1) is 0 Å². The molecule has 0 fully saturated rings. The molecule has 0 radical (unpaired) electrons. The van der Waals surface area contributed by atoms with E-state index in [9.17, 15) is 4.79 Å². The van der Waals surface area contributed by atoms with E-state index in [1.54, 1.807) is 6.92 Å². The van der Waals surface area contributed by atoms with Crippen LogP contribution in [0.1, 0.15) is 46.5 Å². The van der Waals surface area contributed by atoms with Gasteiger partial charge in [0.25, 0.3) is 0 Å². The Hall–Kier alpha value is -0.570. The predicted molar refractivity (Wildman–Crippen MR) is 53.4 cm³/mol. The maximum Gasteiger partial charge on any atom is 0.326 e. The zero-order valence-electron chi connectivity index (χ0n) is 8.93. The maximum atomic E-state index is 11.5. The first-order chi connectivity index (χ1) is 6.10. The zero-order chi connectivity index (χ0) is 10.3. The normalized spacial score (nSPS) is 11.4. The summed E-state index contributed by atoms with van der Waals surface area (Å²) in [7, 11) is 0. The van der Waals surface area contributed by atoms with Gasteiger partial charge in [0, 0.05) is 0 Å². The number of carbonyl (C=O) groups excluding carboxylic acids is 1. The van der Waals surface area contributed by atoms with Gasteiger partial charge in [-0.3, -0.25) is 4.79 Å². The van der Waals surface area contributed by atoms with Gasteiger partial charge in [-0.05, 0) is 19.8 Å². The molecule has 0 aromatic rings. The number of nitrogens with two attached hydrogens (primary N) is 1. The fraction of sp³-hybridized carbons (Fsp3) is 0.900. The minimum Gasteiger partial charge on any atom is -0.465 e. The van der Waals surface area contributed by atoms with Gasteiger partial charge in [-0.2, -0.15) is 0 Å².